The molecule has 1 aliphatic carbocycles. The van der Waals surface area contributed by atoms with Crippen LogP contribution in [0.1, 0.15) is 57.9 Å². The normalized spacial score (nSPS) is 22.4. The first-order valence-corrected chi connectivity index (χ1v) is 10.9. The topological polar surface area (TPSA) is 82.9 Å². The highest BCUT2D eigenvalue weighted by Crippen LogP contribution is 2.26. The summed E-state index contributed by atoms with van der Waals surface area (Å²) in [7, 11) is 0. The highest BCUT2D eigenvalue weighted by molar-refractivity contribution is 8.15. The number of aryl methyl sites for hydroxylation is 1. The molecule has 2 N–H and O–H groups in total. The van der Waals surface area contributed by atoms with Crippen molar-refractivity contribution >= 4 is 40.1 Å². The van der Waals surface area contributed by atoms with Gasteiger partial charge in [-0.05, 0) is 49.8 Å². The fourth-order valence-electron chi connectivity index (χ4n) is 3.52. The summed E-state index contributed by atoms with van der Waals surface area (Å²) in [6.07, 6.45) is 7.20. The number of carbonyl (C=O) groups excluding carboxylic acids is 2. The third-order valence-corrected chi connectivity index (χ3v) is 6.36. The van der Waals surface area contributed by atoms with Crippen molar-refractivity contribution in [3.63, 3.8) is 0 Å². The average molecular weight is 401 g/mol. The van der Waals surface area contributed by atoms with Crippen molar-refractivity contribution < 1.29 is 9.59 Å². The summed E-state index contributed by atoms with van der Waals surface area (Å²) < 4.78 is 0. The maximum atomic E-state index is 12.3. The van der Waals surface area contributed by atoms with Gasteiger partial charge in [-0.25, -0.2) is 0 Å². The molecule has 0 aromatic heterocycles. The molecule has 1 unspecified atom stereocenters. The molecule has 3 rings (SSSR count). The van der Waals surface area contributed by atoms with Gasteiger partial charge < -0.3 is 10.6 Å². The molecular weight excluding hydrogens is 372 g/mol. The van der Waals surface area contributed by atoms with Crippen molar-refractivity contribution in [3.8, 4) is 0 Å². The van der Waals surface area contributed by atoms with E-state index >= 15 is 0 Å². The smallest absolute Gasteiger partial charge is 0.240 e. The summed E-state index contributed by atoms with van der Waals surface area (Å²) in [5, 5.41) is 14.1. The van der Waals surface area contributed by atoms with Gasteiger partial charge in [-0.1, -0.05) is 50.1 Å². The van der Waals surface area contributed by atoms with Gasteiger partial charge in [-0.15, -0.1) is 5.10 Å². The molecule has 1 saturated carbocycles. The minimum Gasteiger partial charge on any atom is -0.326 e. The van der Waals surface area contributed by atoms with Gasteiger partial charge in [0.2, 0.25) is 11.8 Å². The van der Waals surface area contributed by atoms with Gasteiger partial charge in [-0.3, -0.25) is 9.59 Å². The molecule has 1 atom stereocenters. The number of amides is 2. The standard InChI is InChI=1S/C21H28N4O2S/c1-3-15-9-11-17(12-10-15)22-19(26)13-18-20(27)23-21(28-18)25-24-14(2)16-7-5-4-6-8-16/h9-12,16,18H,3-8,13H2,1-2H3,(H,22,26)(H,23,25,27). The number of rotatable bonds is 6. The van der Waals surface area contributed by atoms with Crippen molar-refractivity contribution in [1.29, 1.82) is 0 Å². The van der Waals surface area contributed by atoms with E-state index in [0.717, 1.165) is 17.8 Å². The number of nitrogens with zero attached hydrogens (tertiary/aromatic N) is 2. The SMILES string of the molecule is CCc1ccc(NC(=O)CC2SC(=NN=C(C)C3CCCCC3)NC2=O)cc1. The van der Waals surface area contributed by atoms with Crippen LogP contribution in [0.2, 0.25) is 0 Å². The van der Waals surface area contributed by atoms with Crippen LogP contribution < -0.4 is 10.6 Å². The highest BCUT2D eigenvalue weighted by Gasteiger charge is 2.32. The van der Waals surface area contributed by atoms with E-state index in [9.17, 15) is 9.59 Å². The third-order valence-electron chi connectivity index (χ3n) is 5.29. The number of amidine groups is 1. The van der Waals surface area contributed by atoms with Gasteiger partial charge in [0.1, 0.15) is 5.25 Å². The summed E-state index contributed by atoms with van der Waals surface area (Å²) in [4.78, 5) is 24.4. The first-order chi connectivity index (χ1) is 13.5. The zero-order valence-corrected chi connectivity index (χ0v) is 17.3. The first kappa shape index (κ1) is 20.6. The quantitative estimate of drug-likeness (QED) is 0.556. The van der Waals surface area contributed by atoms with E-state index in [1.807, 2.05) is 31.2 Å². The van der Waals surface area contributed by atoms with Crippen molar-refractivity contribution in [2.75, 3.05) is 5.32 Å². The minimum absolute atomic E-state index is 0.108. The van der Waals surface area contributed by atoms with Gasteiger partial charge in [0, 0.05) is 17.8 Å². The summed E-state index contributed by atoms with van der Waals surface area (Å²) in [5.74, 6) is 0.131. The predicted octanol–water partition coefficient (Wildman–Crippen LogP) is 4.12. The van der Waals surface area contributed by atoms with Crippen LogP contribution >= 0.6 is 11.8 Å². The Bertz CT molecular complexity index is 767. The molecule has 150 valence electrons. The van der Waals surface area contributed by atoms with Crippen LogP contribution in [0.4, 0.5) is 5.69 Å². The number of hydrogen-bond acceptors (Lipinski definition) is 5. The Hall–Kier alpha value is -2.15. The van der Waals surface area contributed by atoms with Crippen LogP contribution in [-0.4, -0.2) is 27.9 Å². The Labute approximate surface area is 170 Å². The zero-order valence-electron chi connectivity index (χ0n) is 16.5. The lowest BCUT2D eigenvalue weighted by molar-refractivity contribution is -0.122. The molecule has 2 fully saturated rings. The Morgan fingerprint density at radius 2 is 1.93 bits per heavy atom. The summed E-state index contributed by atoms with van der Waals surface area (Å²) >= 11 is 1.27. The molecule has 1 heterocycles. The number of nitrogens with one attached hydrogen (secondary N) is 2. The van der Waals surface area contributed by atoms with E-state index in [1.54, 1.807) is 0 Å². The molecule has 2 aliphatic rings. The molecule has 2 amide bonds. The van der Waals surface area contributed by atoms with Gasteiger partial charge in [0.05, 0.1) is 0 Å². The van der Waals surface area contributed by atoms with Crippen LogP contribution in [0.3, 0.4) is 0 Å². The molecule has 6 nitrogen and oxygen atoms in total. The lowest BCUT2D eigenvalue weighted by Crippen LogP contribution is -2.28. The zero-order chi connectivity index (χ0) is 19.9. The van der Waals surface area contributed by atoms with Gasteiger partial charge >= 0.3 is 0 Å². The molecule has 0 spiro atoms. The number of benzene rings is 1. The number of carbonyl (C=O) groups is 2. The second-order valence-electron chi connectivity index (χ2n) is 7.38. The lowest BCUT2D eigenvalue weighted by atomic mass is 9.86. The number of hydrogen-bond donors (Lipinski definition) is 2. The van der Waals surface area contributed by atoms with E-state index in [1.165, 1.54) is 49.4 Å². The van der Waals surface area contributed by atoms with Crippen molar-refractivity contribution in [3.05, 3.63) is 29.8 Å². The summed E-state index contributed by atoms with van der Waals surface area (Å²) in [5.41, 5.74) is 2.99. The van der Waals surface area contributed by atoms with E-state index in [-0.39, 0.29) is 18.2 Å². The molecule has 1 aliphatic heterocycles. The summed E-state index contributed by atoms with van der Waals surface area (Å²) in [6.45, 7) is 4.10. The second-order valence-corrected chi connectivity index (χ2v) is 8.57. The van der Waals surface area contributed by atoms with Crippen LogP contribution in [0.25, 0.3) is 0 Å². The van der Waals surface area contributed by atoms with Crippen LogP contribution in [0, 0.1) is 5.92 Å². The molecule has 0 bridgehead atoms. The van der Waals surface area contributed by atoms with E-state index in [0.29, 0.717) is 11.1 Å². The summed E-state index contributed by atoms with van der Waals surface area (Å²) in [6, 6.07) is 7.75. The van der Waals surface area contributed by atoms with Crippen molar-refractivity contribution in [2.45, 2.75) is 64.0 Å². The monoisotopic (exact) mass is 400 g/mol. The van der Waals surface area contributed by atoms with Crippen molar-refractivity contribution in [2.24, 2.45) is 16.1 Å². The third kappa shape index (κ3) is 5.67. The molecule has 0 radical (unpaired) electrons. The molecule has 1 aromatic rings. The Morgan fingerprint density at radius 3 is 2.61 bits per heavy atom. The van der Waals surface area contributed by atoms with Crippen molar-refractivity contribution in [1.82, 2.24) is 5.32 Å². The van der Waals surface area contributed by atoms with Gasteiger partial charge in [0.15, 0.2) is 5.17 Å². The molecule has 1 aromatic carbocycles. The lowest BCUT2D eigenvalue weighted by Gasteiger charge is -2.20. The van der Waals surface area contributed by atoms with Gasteiger partial charge in [0.25, 0.3) is 0 Å². The van der Waals surface area contributed by atoms with E-state index in [2.05, 4.69) is 27.8 Å². The molecule has 28 heavy (non-hydrogen) atoms. The van der Waals surface area contributed by atoms with E-state index < -0.39 is 5.25 Å². The Morgan fingerprint density at radius 1 is 1.21 bits per heavy atom. The fourth-order valence-corrected chi connectivity index (χ4v) is 4.43. The highest BCUT2D eigenvalue weighted by atomic mass is 32.2. The van der Waals surface area contributed by atoms with Crippen LogP contribution in [-0.2, 0) is 16.0 Å². The van der Waals surface area contributed by atoms with Gasteiger partial charge in [-0.2, -0.15) is 5.10 Å². The minimum atomic E-state index is -0.473. The average Bonchev–Trinajstić information content (AvgIpc) is 3.06. The predicted molar refractivity (Wildman–Crippen MR) is 116 cm³/mol. The second kappa shape index (κ2) is 9.87. The maximum absolute atomic E-state index is 12.3. The number of thioether (sulfide) groups is 1. The van der Waals surface area contributed by atoms with Crippen LogP contribution in [0.5, 0.6) is 0 Å². The number of anilines is 1. The van der Waals surface area contributed by atoms with Crippen LogP contribution in [0.15, 0.2) is 34.5 Å². The largest absolute Gasteiger partial charge is 0.326 e. The molecular formula is C21H28N4O2S. The fraction of sp³-hybridized carbons (Fsp3) is 0.524. The van der Waals surface area contributed by atoms with E-state index in [4.69, 9.17) is 0 Å². The Kier molecular flexibility index (Phi) is 7.25. The Balaban J connectivity index is 1.52. The molecule has 1 saturated heterocycles. The molecule has 7 heteroatoms. The first-order valence-electron chi connectivity index (χ1n) is 10.0. The maximum Gasteiger partial charge on any atom is 0.240 e.